The van der Waals surface area contributed by atoms with E-state index in [1.165, 1.54) is 30.3 Å². The van der Waals surface area contributed by atoms with Crippen LogP contribution in [-0.2, 0) is 6.61 Å². The number of carbonyl (C=O) groups is 1. The molecule has 2 aromatic carbocycles. The third kappa shape index (κ3) is 5.15. The Morgan fingerprint density at radius 3 is 2.44 bits per heavy atom. The van der Waals surface area contributed by atoms with Crippen LogP contribution in [0.3, 0.4) is 0 Å². The van der Waals surface area contributed by atoms with E-state index in [0.29, 0.717) is 22.8 Å². The van der Waals surface area contributed by atoms with Crippen LogP contribution in [0.1, 0.15) is 21.9 Å². The SMILES string of the molecule is O=C(/C=C/c1ccc(COc2ccc([N+](=O)[O-])cc2)o1)c1ccc(Br)cc1. The molecule has 0 unspecified atom stereocenters. The Hall–Kier alpha value is -3.19. The van der Waals surface area contributed by atoms with Crippen LogP contribution in [0, 0.1) is 10.1 Å². The standard InChI is InChI=1S/C20H14BrNO5/c21-15-3-1-14(2-4-15)20(23)12-11-18-9-10-19(27-18)13-26-17-7-5-16(6-8-17)22(24)25/h1-12H,13H2/b12-11+. The van der Waals surface area contributed by atoms with Crippen molar-refractivity contribution in [2.24, 2.45) is 0 Å². The summed E-state index contributed by atoms with van der Waals surface area (Å²) in [4.78, 5) is 22.3. The number of benzene rings is 2. The van der Waals surface area contributed by atoms with E-state index in [4.69, 9.17) is 9.15 Å². The minimum Gasteiger partial charge on any atom is -0.486 e. The fourth-order valence-electron chi connectivity index (χ4n) is 2.25. The Labute approximate surface area is 163 Å². The van der Waals surface area contributed by atoms with Gasteiger partial charge in [-0.05, 0) is 60.7 Å². The molecule has 0 aliphatic carbocycles. The molecule has 136 valence electrons. The minimum atomic E-state index is -0.468. The quantitative estimate of drug-likeness (QED) is 0.217. The second kappa shape index (κ2) is 8.46. The smallest absolute Gasteiger partial charge is 0.269 e. The van der Waals surface area contributed by atoms with Gasteiger partial charge in [-0.2, -0.15) is 0 Å². The zero-order chi connectivity index (χ0) is 19.2. The van der Waals surface area contributed by atoms with Gasteiger partial charge < -0.3 is 9.15 Å². The molecule has 0 N–H and O–H groups in total. The van der Waals surface area contributed by atoms with E-state index in [-0.39, 0.29) is 18.1 Å². The van der Waals surface area contributed by atoms with Crippen LogP contribution in [0.15, 0.2) is 75.6 Å². The average molecular weight is 428 g/mol. The van der Waals surface area contributed by atoms with Crippen LogP contribution in [0.2, 0.25) is 0 Å². The number of nitro groups is 1. The van der Waals surface area contributed by atoms with Crippen LogP contribution in [-0.4, -0.2) is 10.7 Å². The highest BCUT2D eigenvalue weighted by Gasteiger charge is 2.06. The van der Waals surface area contributed by atoms with Gasteiger partial charge in [0.2, 0.25) is 0 Å². The number of nitro benzene ring substituents is 1. The first kappa shape index (κ1) is 18.6. The maximum atomic E-state index is 12.1. The molecule has 0 aliphatic rings. The Morgan fingerprint density at radius 1 is 1.07 bits per heavy atom. The van der Waals surface area contributed by atoms with Crippen molar-refractivity contribution >= 4 is 33.5 Å². The summed E-state index contributed by atoms with van der Waals surface area (Å²) in [6.07, 6.45) is 3.04. The molecule has 0 aliphatic heterocycles. The van der Waals surface area contributed by atoms with Gasteiger partial charge in [-0.15, -0.1) is 0 Å². The van der Waals surface area contributed by atoms with Gasteiger partial charge >= 0.3 is 0 Å². The molecule has 6 nitrogen and oxygen atoms in total. The van der Waals surface area contributed by atoms with E-state index >= 15 is 0 Å². The summed E-state index contributed by atoms with van der Waals surface area (Å²) in [5, 5.41) is 10.6. The summed E-state index contributed by atoms with van der Waals surface area (Å²) in [5.74, 6) is 1.48. The molecule has 0 amide bonds. The molecule has 0 saturated carbocycles. The summed E-state index contributed by atoms with van der Waals surface area (Å²) in [5.41, 5.74) is 0.589. The number of nitrogens with zero attached hydrogens (tertiary/aromatic N) is 1. The summed E-state index contributed by atoms with van der Waals surface area (Å²) in [6.45, 7) is 0.173. The normalized spacial score (nSPS) is 10.9. The molecule has 0 atom stereocenters. The second-order valence-electron chi connectivity index (χ2n) is 5.55. The van der Waals surface area contributed by atoms with Crippen molar-refractivity contribution < 1.29 is 18.9 Å². The topological polar surface area (TPSA) is 82.6 Å². The summed E-state index contributed by atoms with van der Waals surface area (Å²) >= 11 is 3.33. The fraction of sp³-hybridized carbons (Fsp3) is 0.0500. The third-order valence-electron chi connectivity index (χ3n) is 3.64. The number of rotatable bonds is 7. The van der Waals surface area contributed by atoms with Gasteiger partial charge in [-0.25, -0.2) is 0 Å². The van der Waals surface area contributed by atoms with Crippen LogP contribution >= 0.6 is 15.9 Å². The lowest BCUT2D eigenvalue weighted by Crippen LogP contribution is -1.94. The van der Waals surface area contributed by atoms with Crippen molar-refractivity contribution in [3.8, 4) is 5.75 Å². The third-order valence-corrected chi connectivity index (χ3v) is 4.17. The fourth-order valence-corrected chi connectivity index (χ4v) is 2.51. The minimum absolute atomic E-state index is 0.00298. The van der Waals surface area contributed by atoms with Gasteiger partial charge in [0, 0.05) is 22.2 Å². The summed E-state index contributed by atoms with van der Waals surface area (Å²) < 4.78 is 12.0. The highest BCUT2D eigenvalue weighted by molar-refractivity contribution is 9.10. The van der Waals surface area contributed by atoms with E-state index in [2.05, 4.69) is 15.9 Å². The Kier molecular flexibility index (Phi) is 5.83. The number of ketones is 1. The number of halogens is 1. The van der Waals surface area contributed by atoms with Crippen molar-refractivity contribution in [2.45, 2.75) is 6.61 Å². The summed E-state index contributed by atoms with van der Waals surface area (Å²) in [6, 6.07) is 16.4. The molecule has 0 bridgehead atoms. The van der Waals surface area contributed by atoms with Crippen molar-refractivity contribution in [3.63, 3.8) is 0 Å². The maximum Gasteiger partial charge on any atom is 0.269 e. The van der Waals surface area contributed by atoms with Gasteiger partial charge in [0.05, 0.1) is 4.92 Å². The molecular weight excluding hydrogens is 414 g/mol. The predicted octanol–water partition coefficient (Wildman–Crippen LogP) is 5.43. The molecule has 1 heterocycles. The number of furan rings is 1. The predicted molar refractivity (Wildman–Crippen MR) is 104 cm³/mol. The van der Waals surface area contributed by atoms with E-state index < -0.39 is 4.92 Å². The molecule has 0 spiro atoms. The lowest BCUT2D eigenvalue weighted by molar-refractivity contribution is -0.384. The van der Waals surface area contributed by atoms with Crippen LogP contribution in [0.5, 0.6) is 5.75 Å². The van der Waals surface area contributed by atoms with Gasteiger partial charge in [0.25, 0.3) is 5.69 Å². The van der Waals surface area contributed by atoms with Gasteiger partial charge in [0.1, 0.15) is 23.9 Å². The van der Waals surface area contributed by atoms with Crippen LogP contribution < -0.4 is 4.74 Å². The monoisotopic (exact) mass is 427 g/mol. The average Bonchev–Trinajstić information content (AvgIpc) is 3.13. The number of non-ortho nitro benzene ring substituents is 1. The van der Waals surface area contributed by atoms with E-state index in [9.17, 15) is 14.9 Å². The van der Waals surface area contributed by atoms with E-state index in [1.54, 1.807) is 30.3 Å². The Balaban J connectivity index is 1.57. The van der Waals surface area contributed by atoms with Crippen molar-refractivity contribution in [2.75, 3.05) is 0 Å². The van der Waals surface area contributed by atoms with Gasteiger partial charge in [0.15, 0.2) is 5.78 Å². The molecule has 0 saturated heterocycles. The highest BCUT2D eigenvalue weighted by Crippen LogP contribution is 2.19. The second-order valence-corrected chi connectivity index (χ2v) is 6.46. The molecule has 0 radical (unpaired) electrons. The van der Waals surface area contributed by atoms with E-state index in [1.807, 2.05) is 12.1 Å². The van der Waals surface area contributed by atoms with Gasteiger partial charge in [-0.3, -0.25) is 14.9 Å². The number of carbonyl (C=O) groups excluding carboxylic acids is 1. The van der Waals surface area contributed by atoms with Gasteiger partial charge in [-0.1, -0.05) is 15.9 Å². The number of allylic oxidation sites excluding steroid dienone is 1. The molecule has 7 heteroatoms. The first-order valence-corrected chi connectivity index (χ1v) is 8.74. The number of ether oxygens (including phenoxy) is 1. The van der Waals surface area contributed by atoms with Crippen LogP contribution in [0.25, 0.3) is 6.08 Å². The zero-order valence-electron chi connectivity index (χ0n) is 14.0. The molecule has 27 heavy (non-hydrogen) atoms. The Morgan fingerprint density at radius 2 is 1.78 bits per heavy atom. The maximum absolute atomic E-state index is 12.1. The molecule has 3 rings (SSSR count). The lowest BCUT2D eigenvalue weighted by Gasteiger charge is -2.03. The first-order chi connectivity index (χ1) is 13.0. The zero-order valence-corrected chi connectivity index (χ0v) is 15.6. The molecule has 1 aromatic heterocycles. The largest absolute Gasteiger partial charge is 0.486 e. The van der Waals surface area contributed by atoms with Crippen molar-refractivity contribution in [1.82, 2.24) is 0 Å². The lowest BCUT2D eigenvalue weighted by atomic mass is 10.1. The molecule has 3 aromatic rings. The van der Waals surface area contributed by atoms with Crippen LogP contribution in [0.4, 0.5) is 5.69 Å². The molecule has 0 fully saturated rings. The van der Waals surface area contributed by atoms with Crippen molar-refractivity contribution in [3.05, 3.63) is 98.4 Å². The summed E-state index contributed by atoms with van der Waals surface area (Å²) in [7, 11) is 0. The number of hydrogen-bond donors (Lipinski definition) is 0. The van der Waals surface area contributed by atoms with E-state index in [0.717, 1.165) is 4.47 Å². The highest BCUT2D eigenvalue weighted by atomic mass is 79.9. The van der Waals surface area contributed by atoms with Crippen molar-refractivity contribution in [1.29, 1.82) is 0 Å². The number of hydrogen-bond acceptors (Lipinski definition) is 5. The first-order valence-electron chi connectivity index (χ1n) is 7.95. The molecular formula is C20H14BrNO5. The Bertz CT molecular complexity index is 974.